The summed E-state index contributed by atoms with van der Waals surface area (Å²) in [6, 6.07) is 7.57. The van der Waals surface area contributed by atoms with Crippen molar-refractivity contribution in [3.8, 4) is 16.7 Å². The number of likely N-dealkylation sites (tertiary alicyclic amines) is 1. The number of aromatic nitrogens is 1. The van der Waals surface area contributed by atoms with Crippen LogP contribution in [0.3, 0.4) is 0 Å². The second-order valence-electron chi connectivity index (χ2n) is 9.69. The van der Waals surface area contributed by atoms with Gasteiger partial charge in [-0.25, -0.2) is 13.4 Å². The first-order valence-electron chi connectivity index (χ1n) is 12.2. The molecular weight excluding hydrogens is 486 g/mol. The van der Waals surface area contributed by atoms with Crippen molar-refractivity contribution < 1.29 is 24.1 Å². The quantitative estimate of drug-likeness (QED) is 0.529. The van der Waals surface area contributed by atoms with Crippen molar-refractivity contribution >= 4 is 33.3 Å². The summed E-state index contributed by atoms with van der Waals surface area (Å²) in [6.45, 7) is 5.88. The van der Waals surface area contributed by atoms with E-state index in [0.717, 1.165) is 31.1 Å². The summed E-state index contributed by atoms with van der Waals surface area (Å²) in [5.41, 5.74) is 1.18. The molecule has 1 aromatic carbocycles. The monoisotopic (exact) mass is 519 g/mol. The topological polar surface area (TPSA) is 97.8 Å². The van der Waals surface area contributed by atoms with Gasteiger partial charge in [-0.15, -0.1) is 0 Å². The molecule has 0 radical (unpaired) electrons. The Morgan fingerprint density at radius 3 is 2.66 bits per heavy atom. The van der Waals surface area contributed by atoms with Crippen LogP contribution in [0.4, 0.5) is 0 Å². The van der Waals surface area contributed by atoms with Crippen molar-refractivity contribution in [1.29, 1.82) is 0 Å². The Hall–Kier alpha value is -2.43. The molecule has 1 saturated carbocycles. The zero-order valence-electron chi connectivity index (χ0n) is 20.0. The van der Waals surface area contributed by atoms with Crippen molar-refractivity contribution in [2.75, 3.05) is 26.2 Å². The summed E-state index contributed by atoms with van der Waals surface area (Å²) in [4.78, 5) is 20.4. The summed E-state index contributed by atoms with van der Waals surface area (Å²) in [5, 5.41) is 0.0598. The first-order chi connectivity index (χ1) is 16.8. The third kappa shape index (κ3) is 5.70. The summed E-state index contributed by atoms with van der Waals surface area (Å²) >= 11 is 1.59. The number of carbonyl (C=O) groups is 1. The van der Waals surface area contributed by atoms with Gasteiger partial charge in [0.1, 0.15) is 18.1 Å². The molecule has 2 atom stereocenters. The van der Waals surface area contributed by atoms with Gasteiger partial charge in [-0.05, 0) is 82.5 Å². The fourth-order valence-corrected chi connectivity index (χ4v) is 6.06. The molecule has 1 amide bonds. The van der Waals surface area contributed by atoms with Gasteiger partial charge in [0.25, 0.3) is 5.19 Å². The average molecular weight is 520 g/mol. The lowest BCUT2D eigenvalue weighted by molar-refractivity contribution is -0.124. The number of piperidine rings is 1. The van der Waals surface area contributed by atoms with Crippen LogP contribution in [-0.2, 0) is 14.8 Å². The molecule has 3 aliphatic rings. The van der Waals surface area contributed by atoms with E-state index in [1.54, 1.807) is 25.2 Å². The van der Waals surface area contributed by atoms with E-state index in [1.165, 1.54) is 17.0 Å². The SMILES string of the molecule is CC(C)S(=O)(=O)NC(=O)C1CCN(CCOc2ccc(Oc3nc4c(s3)C=CC3CC43)cc2)CC1.[HH]. The number of nitrogens with one attached hydrogen (secondary N) is 1. The predicted molar refractivity (Wildman–Crippen MR) is 137 cm³/mol. The van der Waals surface area contributed by atoms with Crippen molar-refractivity contribution in [2.45, 2.75) is 44.3 Å². The van der Waals surface area contributed by atoms with Gasteiger partial charge in [0, 0.05) is 19.8 Å². The maximum atomic E-state index is 12.3. The third-order valence-corrected chi connectivity index (χ3v) is 9.52. The van der Waals surface area contributed by atoms with Crippen molar-refractivity contribution in [1.82, 2.24) is 14.6 Å². The minimum atomic E-state index is -3.58. The second kappa shape index (κ2) is 9.91. The number of fused-ring (bicyclic) bond motifs is 3. The molecule has 0 spiro atoms. The number of amides is 1. The van der Waals surface area contributed by atoms with E-state index < -0.39 is 15.3 Å². The van der Waals surface area contributed by atoms with Crippen molar-refractivity contribution in [2.24, 2.45) is 11.8 Å². The number of rotatable bonds is 9. The number of hydrogen-bond donors (Lipinski definition) is 1. The van der Waals surface area contributed by atoms with E-state index in [2.05, 4.69) is 26.8 Å². The van der Waals surface area contributed by atoms with E-state index in [9.17, 15) is 13.2 Å². The molecule has 2 unspecified atom stereocenters. The molecule has 1 N–H and O–H groups in total. The second-order valence-corrected chi connectivity index (χ2v) is 12.9. The number of benzene rings is 1. The molecule has 1 saturated heterocycles. The molecule has 0 bridgehead atoms. The van der Waals surface area contributed by atoms with Gasteiger partial charge < -0.3 is 9.47 Å². The van der Waals surface area contributed by atoms with E-state index in [1.807, 2.05) is 24.3 Å². The van der Waals surface area contributed by atoms with Crippen LogP contribution in [0.25, 0.3) is 6.08 Å². The summed E-state index contributed by atoms with van der Waals surface area (Å²) in [5.74, 6) is 2.12. The molecule has 2 heterocycles. The Bertz CT molecular complexity index is 1200. The zero-order valence-corrected chi connectivity index (χ0v) is 21.6. The molecule has 1 aromatic heterocycles. The summed E-state index contributed by atoms with van der Waals surface area (Å²) in [6.07, 6.45) is 6.93. The highest BCUT2D eigenvalue weighted by atomic mass is 32.2. The van der Waals surface area contributed by atoms with Crippen LogP contribution in [0.2, 0.25) is 0 Å². The van der Waals surface area contributed by atoms with E-state index in [4.69, 9.17) is 9.47 Å². The standard InChI is InChI=1S/C25H31N3O5S2.H2/c1-16(2)35(30,31)27-24(29)17-9-11-28(12-10-17)13-14-32-19-4-6-20(7-5-19)33-25-26-23-21-15-18(21)3-8-22(23)34-25;/h3-8,16-18,21H,9-15H2,1-2H3,(H,27,29);1H. The average Bonchev–Trinajstić information content (AvgIpc) is 3.52. The normalized spacial score (nSPS) is 21.9. The summed E-state index contributed by atoms with van der Waals surface area (Å²) < 4.78 is 37.9. The number of ether oxygens (including phenoxy) is 2. The van der Waals surface area contributed by atoms with Crippen LogP contribution >= 0.6 is 11.3 Å². The lowest BCUT2D eigenvalue weighted by atomic mass is 9.96. The van der Waals surface area contributed by atoms with Gasteiger partial charge in [-0.2, -0.15) is 0 Å². The Morgan fingerprint density at radius 2 is 1.94 bits per heavy atom. The highest BCUT2D eigenvalue weighted by Gasteiger charge is 2.42. The lowest BCUT2D eigenvalue weighted by Crippen LogP contribution is -2.44. The number of hydrogen-bond acceptors (Lipinski definition) is 8. The maximum absolute atomic E-state index is 12.3. The van der Waals surface area contributed by atoms with Crippen LogP contribution in [-0.4, -0.2) is 55.7 Å². The van der Waals surface area contributed by atoms with Crippen LogP contribution in [0, 0.1) is 11.8 Å². The Kier molecular flexibility index (Phi) is 6.87. The van der Waals surface area contributed by atoms with Crippen molar-refractivity contribution in [3.05, 3.63) is 40.9 Å². The maximum Gasteiger partial charge on any atom is 0.279 e. The van der Waals surface area contributed by atoms with Crippen molar-refractivity contribution in [3.63, 3.8) is 0 Å². The number of carbonyl (C=O) groups excluding carboxylic acids is 1. The minimum absolute atomic E-state index is 0. The first kappa shape index (κ1) is 24.3. The third-order valence-electron chi connectivity index (χ3n) is 6.87. The van der Waals surface area contributed by atoms with Crippen LogP contribution in [0.15, 0.2) is 30.3 Å². The van der Waals surface area contributed by atoms with Gasteiger partial charge in [-0.3, -0.25) is 14.4 Å². The highest BCUT2D eigenvalue weighted by molar-refractivity contribution is 7.90. The predicted octanol–water partition coefficient (Wildman–Crippen LogP) is 4.26. The highest BCUT2D eigenvalue weighted by Crippen LogP contribution is 2.54. The fraction of sp³-hybridized carbons (Fsp3) is 0.520. The number of nitrogens with zero attached hydrogens (tertiary/aromatic N) is 2. The molecule has 8 nitrogen and oxygen atoms in total. The van der Waals surface area contributed by atoms with Gasteiger partial charge >= 0.3 is 0 Å². The number of allylic oxidation sites excluding steroid dienone is 1. The van der Waals surface area contributed by atoms with Crippen LogP contribution < -0.4 is 14.2 Å². The molecule has 5 rings (SSSR count). The smallest absolute Gasteiger partial charge is 0.279 e. The van der Waals surface area contributed by atoms with Gasteiger partial charge in [0.15, 0.2) is 0 Å². The molecular formula is C25H33N3O5S2. The van der Waals surface area contributed by atoms with Gasteiger partial charge in [0.2, 0.25) is 15.9 Å². The van der Waals surface area contributed by atoms with Gasteiger partial charge in [0.05, 0.1) is 15.8 Å². The lowest BCUT2D eigenvalue weighted by Gasteiger charge is -2.31. The fourth-order valence-electron chi connectivity index (χ4n) is 4.46. The van der Waals surface area contributed by atoms with E-state index >= 15 is 0 Å². The summed E-state index contributed by atoms with van der Waals surface area (Å²) in [7, 11) is -3.58. The van der Waals surface area contributed by atoms with E-state index in [0.29, 0.717) is 36.5 Å². The Morgan fingerprint density at radius 1 is 1.23 bits per heavy atom. The number of sulfonamides is 1. The molecule has 190 valence electrons. The first-order valence-corrected chi connectivity index (χ1v) is 14.5. The molecule has 10 heteroatoms. The Balaban J connectivity index is 0.00000304. The van der Waals surface area contributed by atoms with E-state index in [-0.39, 0.29) is 13.3 Å². The van der Waals surface area contributed by atoms with Gasteiger partial charge in [-0.1, -0.05) is 17.4 Å². The van der Waals surface area contributed by atoms with Crippen LogP contribution in [0.1, 0.15) is 51.0 Å². The zero-order chi connectivity index (χ0) is 24.6. The Labute approximate surface area is 211 Å². The molecule has 1 aliphatic heterocycles. The van der Waals surface area contributed by atoms with Crippen LogP contribution in [0.5, 0.6) is 16.7 Å². The molecule has 2 aromatic rings. The largest absolute Gasteiger partial charge is 0.492 e. The molecule has 2 aliphatic carbocycles. The molecule has 2 fully saturated rings. The number of thiazole rings is 1. The molecule has 35 heavy (non-hydrogen) atoms. The minimum Gasteiger partial charge on any atom is -0.492 e.